The molecular formula is C6H3NO4S. The van der Waals surface area contributed by atoms with Crippen molar-refractivity contribution in [2.24, 2.45) is 0 Å². The Hall–Kier alpha value is -1.43. The Morgan fingerprint density at radius 2 is 1.92 bits per heavy atom. The van der Waals surface area contributed by atoms with Crippen molar-refractivity contribution in [2.75, 3.05) is 0 Å². The highest BCUT2D eigenvalue weighted by Gasteiger charge is 2.40. The average Bonchev–Trinajstić information content (AvgIpc) is 2.55. The first-order chi connectivity index (χ1) is 5.53. The molecule has 1 aliphatic heterocycles. The van der Waals surface area contributed by atoms with Gasteiger partial charge in [-0.1, -0.05) is 0 Å². The maximum absolute atomic E-state index is 10.9. The molecule has 0 saturated heterocycles. The fraction of sp³-hybridized carbons (Fsp3) is 0. The number of rotatable bonds is 1. The van der Waals surface area contributed by atoms with E-state index in [9.17, 15) is 18.5 Å². The van der Waals surface area contributed by atoms with Gasteiger partial charge < -0.3 is 0 Å². The topological polar surface area (TPSA) is 77.3 Å². The standard InChI is InChI=1S/C6H3NO4S/c8-7(9)4-1-2-5-6(3-4)12(5,10)11/h1-3H. The van der Waals surface area contributed by atoms with Gasteiger partial charge in [0.1, 0.15) is 0 Å². The zero-order chi connectivity index (χ0) is 8.93. The fourth-order valence-corrected chi connectivity index (χ4v) is 2.30. The monoisotopic (exact) mass is 185 g/mol. The third kappa shape index (κ3) is 0.751. The van der Waals surface area contributed by atoms with Crippen molar-refractivity contribution in [3.63, 3.8) is 0 Å². The van der Waals surface area contributed by atoms with E-state index >= 15 is 0 Å². The number of nitrogens with zero attached hydrogens (tertiary/aromatic N) is 1. The molecule has 0 saturated carbocycles. The summed E-state index contributed by atoms with van der Waals surface area (Å²) in [5.41, 5.74) is -0.185. The van der Waals surface area contributed by atoms with Crippen LogP contribution in [-0.2, 0) is 9.84 Å². The molecule has 5 nitrogen and oxygen atoms in total. The predicted molar refractivity (Wildman–Crippen MR) is 38.5 cm³/mol. The first-order valence-electron chi connectivity index (χ1n) is 3.07. The number of fused-ring (bicyclic) bond motifs is 1. The number of sulfone groups is 1. The Labute approximate surface area is 67.7 Å². The number of non-ortho nitro benzene ring substituents is 1. The molecule has 2 rings (SSSR count). The minimum atomic E-state index is -3.24. The van der Waals surface area contributed by atoms with Crippen molar-refractivity contribution < 1.29 is 13.3 Å². The van der Waals surface area contributed by atoms with Gasteiger partial charge in [-0.05, 0) is 6.07 Å². The Morgan fingerprint density at radius 3 is 2.42 bits per heavy atom. The second-order valence-corrected chi connectivity index (χ2v) is 4.28. The van der Waals surface area contributed by atoms with E-state index in [0.717, 1.165) is 6.07 Å². The van der Waals surface area contributed by atoms with Crippen LogP contribution in [-0.4, -0.2) is 13.3 Å². The van der Waals surface area contributed by atoms with E-state index in [1.807, 2.05) is 0 Å². The van der Waals surface area contributed by atoms with Crippen LogP contribution in [0.25, 0.3) is 0 Å². The van der Waals surface area contributed by atoms with E-state index in [-0.39, 0.29) is 15.5 Å². The van der Waals surface area contributed by atoms with E-state index in [4.69, 9.17) is 0 Å². The summed E-state index contributed by atoms with van der Waals surface area (Å²) in [6.07, 6.45) is 0. The maximum atomic E-state index is 10.9. The van der Waals surface area contributed by atoms with Crippen LogP contribution in [0.1, 0.15) is 0 Å². The molecule has 0 radical (unpaired) electrons. The SMILES string of the molecule is O=[N+]([O-])c1ccc2c(c1)S2(=O)=O. The van der Waals surface area contributed by atoms with E-state index in [1.54, 1.807) is 0 Å². The smallest absolute Gasteiger partial charge is 0.258 e. The molecule has 1 aromatic rings. The summed E-state index contributed by atoms with van der Waals surface area (Å²) in [7, 11) is -3.24. The molecule has 62 valence electrons. The largest absolute Gasteiger partial charge is 0.270 e. The van der Waals surface area contributed by atoms with Crippen molar-refractivity contribution in [3.05, 3.63) is 28.3 Å². The molecule has 0 bridgehead atoms. The lowest BCUT2D eigenvalue weighted by Gasteiger charge is -1.83. The van der Waals surface area contributed by atoms with Gasteiger partial charge in [0.15, 0.2) is 0 Å². The van der Waals surface area contributed by atoms with Gasteiger partial charge in [0.25, 0.3) is 5.69 Å². The Bertz CT molecular complexity index is 476. The van der Waals surface area contributed by atoms with Gasteiger partial charge in [0.2, 0.25) is 9.84 Å². The Kier molecular flexibility index (Phi) is 1.11. The van der Waals surface area contributed by atoms with Crippen LogP contribution in [0, 0.1) is 10.1 Å². The molecular weight excluding hydrogens is 182 g/mol. The Morgan fingerprint density at radius 1 is 1.25 bits per heavy atom. The van der Waals surface area contributed by atoms with Gasteiger partial charge in [-0.3, -0.25) is 10.1 Å². The summed E-state index contributed by atoms with van der Waals surface area (Å²) >= 11 is 0. The van der Waals surface area contributed by atoms with Crippen molar-refractivity contribution in [1.82, 2.24) is 0 Å². The summed E-state index contributed by atoms with van der Waals surface area (Å²) in [4.78, 5) is 9.86. The van der Waals surface area contributed by atoms with Crippen LogP contribution in [0.2, 0.25) is 0 Å². The van der Waals surface area contributed by atoms with Crippen LogP contribution < -0.4 is 0 Å². The zero-order valence-corrected chi connectivity index (χ0v) is 6.54. The van der Waals surface area contributed by atoms with Gasteiger partial charge in [-0.25, -0.2) is 8.42 Å². The van der Waals surface area contributed by atoms with E-state index in [0.29, 0.717) is 0 Å². The summed E-state index contributed by atoms with van der Waals surface area (Å²) in [6.45, 7) is 0. The second-order valence-electron chi connectivity index (χ2n) is 2.39. The lowest BCUT2D eigenvalue weighted by molar-refractivity contribution is -0.385. The highest BCUT2D eigenvalue weighted by atomic mass is 32.2. The molecule has 0 atom stereocenters. The molecule has 6 heteroatoms. The van der Waals surface area contributed by atoms with Gasteiger partial charge in [0.05, 0.1) is 14.7 Å². The van der Waals surface area contributed by atoms with Crippen LogP contribution in [0.5, 0.6) is 0 Å². The van der Waals surface area contributed by atoms with E-state index in [2.05, 4.69) is 0 Å². The lowest BCUT2D eigenvalue weighted by Crippen LogP contribution is -1.84. The molecule has 0 amide bonds. The van der Waals surface area contributed by atoms with Crippen LogP contribution in [0.4, 0.5) is 5.69 Å². The van der Waals surface area contributed by atoms with Crippen molar-refractivity contribution in [2.45, 2.75) is 9.79 Å². The first-order valence-corrected chi connectivity index (χ1v) is 4.55. The highest BCUT2D eigenvalue weighted by molar-refractivity contribution is 7.97. The Balaban J connectivity index is 2.61. The van der Waals surface area contributed by atoms with Gasteiger partial charge >= 0.3 is 0 Å². The van der Waals surface area contributed by atoms with Crippen LogP contribution >= 0.6 is 0 Å². The van der Waals surface area contributed by atoms with Gasteiger partial charge in [-0.15, -0.1) is 0 Å². The number of hydrogen-bond acceptors (Lipinski definition) is 4. The highest BCUT2D eigenvalue weighted by Crippen LogP contribution is 2.41. The summed E-state index contributed by atoms with van der Waals surface area (Å²) in [5, 5.41) is 10.2. The second kappa shape index (κ2) is 1.84. The maximum Gasteiger partial charge on any atom is 0.270 e. The number of nitro benzene ring substituents is 1. The fourth-order valence-electron chi connectivity index (χ4n) is 1.00. The third-order valence-corrected chi connectivity index (χ3v) is 3.32. The predicted octanol–water partition coefficient (Wildman–Crippen LogP) is 0.741. The molecule has 1 heterocycles. The molecule has 0 unspecified atom stereocenters. The minimum Gasteiger partial charge on any atom is -0.258 e. The molecule has 0 aliphatic carbocycles. The molecule has 12 heavy (non-hydrogen) atoms. The van der Waals surface area contributed by atoms with Crippen molar-refractivity contribution in [1.29, 1.82) is 0 Å². The molecule has 0 N–H and O–H groups in total. The lowest BCUT2D eigenvalue weighted by atomic mass is 10.3. The molecule has 0 spiro atoms. The zero-order valence-electron chi connectivity index (χ0n) is 5.72. The molecule has 1 aromatic carbocycles. The molecule has 0 aromatic heterocycles. The summed E-state index contributed by atoms with van der Waals surface area (Å²) in [6, 6.07) is 3.51. The van der Waals surface area contributed by atoms with E-state index < -0.39 is 14.8 Å². The summed E-state index contributed by atoms with van der Waals surface area (Å²) < 4.78 is 21.8. The van der Waals surface area contributed by atoms with Crippen LogP contribution in [0.15, 0.2) is 28.0 Å². The van der Waals surface area contributed by atoms with Crippen LogP contribution in [0.3, 0.4) is 0 Å². The minimum absolute atomic E-state index is 0.0803. The molecule has 0 fully saturated rings. The quantitative estimate of drug-likeness (QED) is 0.373. The first kappa shape index (κ1) is 7.23. The number of benzene rings is 1. The number of nitro groups is 1. The normalized spacial score (nSPS) is 16.7. The van der Waals surface area contributed by atoms with Crippen molar-refractivity contribution in [3.8, 4) is 0 Å². The van der Waals surface area contributed by atoms with Crippen molar-refractivity contribution >= 4 is 15.5 Å². The third-order valence-electron chi connectivity index (χ3n) is 1.68. The average molecular weight is 185 g/mol. The number of hydrogen-bond donors (Lipinski definition) is 0. The molecule has 1 aliphatic rings. The van der Waals surface area contributed by atoms with Gasteiger partial charge in [-0.2, -0.15) is 0 Å². The summed E-state index contributed by atoms with van der Waals surface area (Å²) in [5.74, 6) is 0. The van der Waals surface area contributed by atoms with Gasteiger partial charge in [0, 0.05) is 12.1 Å². The van der Waals surface area contributed by atoms with E-state index in [1.165, 1.54) is 12.1 Å².